The molecular formula is C34H41N3O4. The Kier molecular flexibility index (Phi) is 8.86. The van der Waals surface area contributed by atoms with Gasteiger partial charge in [-0.1, -0.05) is 65.8 Å². The van der Waals surface area contributed by atoms with Crippen LogP contribution in [-0.4, -0.2) is 23.8 Å². The average Bonchev–Trinajstić information content (AvgIpc) is 3.33. The van der Waals surface area contributed by atoms with E-state index in [0.29, 0.717) is 17.2 Å². The normalized spacial score (nSPS) is 14.5. The largest absolute Gasteiger partial charge is 0.481 e. The highest BCUT2D eigenvalue weighted by atomic mass is 16.5. The van der Waals surface area contributed by atoms with Crippen molar-refractivity contribution in [3.63, 3.8) is 0 Å². The minimum atomic E-state index is -0.759. The predicted octanol–water partition coefficient (Wildman–Crippen LogP) is 7.49. The van der Waals surface area contributed by atoms with E-state index in [0.717, 1.165) is 18.6 Å². The SMILES string of the molecule is CCC(C)(C)c1ccc(Oc2ccc(N3N=C(NC(=O)C(C)Oc4ccc(C(C)(C)CC)cc4)CC3=O)cc2)cc1. The molecule has 3 aromatic carbocycles. The average molecular weight is 556 g/mol. The van der Waals surface area contributed by atoms with Gasteiger partial charge in [0.25, 0.3) is 11.8 Å². The molecule has 1 unspecified atom stereocenters. The summed E-state index contributed by atoms with van der Waals surface area (Å²) in [4.78, 5) is 25.4. The van der Waals surface area contributed by atoms with Gasteiger partial charge < -0.3 is 14.8 Å². The van der Waals surface area contributed by atoms with Crippen molar-refractivity contribution in [2.24, 2.45) is 5.10 Å². The topological polar surface area (TPSA) is 80.2 Å². The zero-order valence-electron chi connectivity index (χ0n) is 25.2. The van der Waals surface area contributed by atoms with Gasteiger partial charge in [-0.15, -0.1) is 0 Å². The van der Waals surface area contributed by atoms with Crippen molar-refractivity contribution in [3.8, 4) is 17.2 Å². The molecule has 41 heavy (non-hydrogen) atoms. The summed E-state index contributed by atoms with van der Waals surface area (Å²) in [5.74, 6) is 1.69. The molecule has 3 aromatic rings. The first-order valence-corrected chi connectivity index (χ1v) is 14.3. The smallest absolute Gasteiger partial charge is 0.266 e. The van der Waals surface area contributed by atoms with E-state index in [1.807, 2.05) is 36.4 Å². The van der Waals surface area contributed by atoms with Gasteiger partial charge in [0, 0.05) is 0 Å². The van der Waals surface area contributed by atoms with Crippen molar-refractivity contribution >= 4 is 23.3 Å². The van der Waals surface area contributed by atoms with Gasteiger partial charge in [-0.3, -0.25) is 9.59 Å². The van der Waals surface area contributed by atoms with Crippen molar-refractivity contribution in [2.75, 3.05) is 5.01 Å². The second kappa shape index (κ2) is 12.2. The van der Waals surface area contributed by atoms with Crippen LogP contribution in [0.1, 0.15) is 78.9 Å². The highest BCUT2D eigenvalue weighted by Gasteiger charge is 2.28. The molecule has 1 aliphatic heterocycles. The minimum absolute atomic E-state index is 0.00202. The first kappa shape index (κ1) is 29.8. The van der Waals surface area contributed by atoms with Gasteiger partial charge in [0.05, 0.1) is 12.1 Å². The Morgan fingerprint density at radius 1 is 0.829 bits per heavy atom. The summed E-state index contributed by atoms with van der Waals surface area (Å²) in [7, 11) is 0. The summed E-state index contributed by atoms with van der Waals surface area (Å²) in [6, 6.07) is 23.1. The molecule has 216 valence electrons. The Bertz CT molecular complexity index is 1390. The van der Waals surface area contributed by atoms with Crippen molar-refractivity contribution < 1.29 is 19.1 Å². The van der Waals surface area contributed by atoms with E-state index in [2.05, 4.69) is 64.1 Å². The second-order valence-electron chi connectivity index (χ2n) is 11.8. The Hall–Kier alpha value is -4.13. The molecule has 7 heteroatoms. The zero-order valence-corrected chi connectivity index (χ0v) is 25.2. The van der Waals surface area contributed by atoms with E-state index in [4.69, 9.17) is 9.47 Å². The minimum Gasteiger partial charge on any atom is -0.481 e. The second-order valence-corrected chi connectivity index (χ2v) is 11.8. The van der Waals surface area contributed by atoms with E-state index in [-0.39, 0.29) is 34.9 Å². The fourth-order valence-corrected chi connectivity index (χ4v) is 4.36. The summed E-state index contributed by atoms with van der Waals surface area (Å²) in [5.41, 5.74) is 3.26. The molecule has 0 saturated carbocycles. The lowest BCUT2D eigenvalue weighted by Crippen LogP contribution is -2.39. The highest BCUT2D eigenvalue weighted by Crippen LogP contribution is 2.31. The maximum Gasteiger partial charge on any atom is 0.266 e. The maximum atomic E-state index is 12.8. The molecular weight excluding hydrogens is 514 g/mol. The van der Waals surface area contributed by atoms with Crippen LogP contribution in [0.2, 0.25) is 0 Å². The van der Waals surface area contributed by atoms with Crippen LogP contribution in [0.5, 0.6) is 17.2 Å². The van der Waals surface area contributed by atoms with E-state index in [1.165, 1.54) is 16.1 Å². The molecule has 0 spiro atoms. The molecule has 4 rings (SSSR count). The number of hydrogen-bond donors (Lipinski definition) is 1. The number of hydrogen-bond acceptors (Lipinski definition) is 5. The molecule has 2 amide bonds. The van der Waals surface area contributed by atoms with Crippen LogP contribution in [0.25, 0.3) is 0 Å². The quantitative estimate of drug-likeness (QED) is 0.281. The lowest BCUT2D eigenvalue weighted by Gasteiger charge is -2.23. The maximum absolute atomic E-state index is 12.8. The first-order chi connectivity index (χ1) is 19.4. The third kappa shape index (κ3) is 7.15. The van der Waals surface area contributed by atoms with Crippen LogP contribution >= 0.6 is 0 Å². The van der Waals surface area contributed by atoms with Crippen molar-refractivity contribution in [1.29, 1.82) is 0 Å². The molecule has 0 aromatic heterocycles. The number of carbonyl (C=O) groups excluding carboxylic acids is 2. The van der Waals surface area contributed by atoms with E-state index >= 15 is 0 Å². The number of nitrogens with zero attached hydrogens (tertiary/aromatic N) is 2. The lowest BCUT2D eigenvalue weighted by atomic mass is 9.82. The number of carbonyl (C=O) groups is 2. The van der Waals surface area contributed by atoms with Crippen LogP contribution in [0.3, 0.4) is 0 Å². The summed E-state index contributed by atoms with van der Waals surface area (Å²) < 4.78 is 11.8. The molecule has 0 fully saturated rings. The molecule has 0 radical (unpaired) electrons. The molecule has 0 bridgehead atoms. The van der Waals surface area contributed by atoms with Crippen molar-refractivity contribution in [2.45, 2.75) is 84.7 Å². The number of amides is 2. The molecule has 1 N–H and O–H groups in total. The standard InChI is InChI=1S/C34H41N3O4/c1-8-33(4,5)24-10-16-27(17-11-24)40-23(3)32(39)35-30-22-31(38)37(36-30)26-14-20-29(21-15-26)41-28-18-12-25(13-19-28)34(6,7)9-2/h10-21,23H,8-9,22H2,1-7H3,(H,35,36,39). The molecule has 1 aliphatic rings. The van der Waals surface area contributed by atoms with Crippen LogP contribution < -0.4 is 19.8 Å². The summed E-state index contributed by atoms with van der Waals surface area (Å²) >= 11 is 0. The molecule has 0 saturated heterocycles. The fraction of sp³-hybridized carbons (Fsp3) is 0.382. The predicted molar refractivity (Wildman–Crippen MR) is 164 cm³/mol. The van der Waals surface area contributed by atoms with Gasteiger partial charge in [0.15, 0.2) is 6.10 Å². The Morgan fingerprint density at radius 2 is 1.29 bits per heavy atom. The Labute approximate surface area is 243 Å². The summed E-state index contributed by atoms with van der Waals surface area (Å²) in [6.07, 6.45) is 1.31. The van der Waals surface area contributed by atoms with Gasteiger partial charge in [0.1, 0.15) is 23.1 Å². The zero-order chi connectivity index (χ0) is 29.8. The van der Waals surface area contributed by atoms with Crippen molar-refractivity contribution in [3.05, 3.63) is 83.9 Å². The van der Waals surface area contributed by atoms with E-state index < -0.39 is 6.10 Å². The van der Waals surface area contributed by atoms with Gasteiger partial charge in [-0.2, -0.15) is 10.1 Å². The van der Waals surface area contributed by atoms with Crippen LogP contribution in [0.4, 0.5) is 5.69 Å². The number of benzene rings is 3. The fourth-order valence-electron chi connectivity index (χ4n) is 4.36. The molecule has 0 aliphatic carbocycles. The number of hydrazone groups is 1. The Morgan fingerprint density at radius 3 is 1.78 bits per heavy atom. The number of ether oxygens (including phenoxy) is 2. The molecule has 1 atom stereocenters. The van der Waals surface area contributed by atoms with Gasteiger partial charge in [-0.25, -0.2) is 0 Å². The third-order valence-corrected chi connectivity index (χ3v) is 8.08. The van der Waals surface area contributed by atoms with E-state index in [1.54, 1.807) is 31.2 Å². The summed E-state index contributed by atoms with van der Waals surface area (Å²) in [5, 5.41) is 8.37. The highest BCUT2D eigenvalue weighted by molar-refractivity contribution is 6.16. The number of rotatable bonds is 10. The van der Waals surface area contributed by atoms with Gasteiger partial charge in [-0.05, 0) is 90.3 Å². The number of anilines is 1. The van der Waals surface area contributed by atoms with Crippen LogP contribution in [0.15, 0.2) is 77.9 Å². The van der Waals surface area contributed by atoms with Gasteiger partial charge >= 0.3 is 0 Å². The number of nitrogens with one attached hydrogen (secondary N) is 1. The van der Waals surface area contributed by atoms with Crippen LogP contribution in [0, 0.1) is 0 Å². The monoisotopic (exact) mass is 555 g/mol. The third-order valence-electron chi connectivity index (χ3n) is 8.08. The van der Waals surface area contributed by atoms with Crippen LogP contribution in [-0.2, 0) is 20.4 Å². The number of amidine groups is 1. The lowest BCUT2D eigenvalue weighted by molar-refractivity contribution is -0.125. The first-order valence-electron chi connectivity index (χ1n) is 14.3. The summed E-state index contributed by atoms with van der Waals surface area (Å²) in [6.45, 7) is 14.9. The Balaban J connectivity index is 1.34. The molecule has 1 heterocycles. The molecule has 7 nitrogen and oxygen atoms in total. The van der Waals surface area contributed by atoms with Crippen molar-refractivity contribution in [1.82, 2.24) is 5.32 Å². The van der Waals surface area contributed by atoms with Gasteiger partial charge in [0.2, 0.25) is 0 Å². The van der Waals surface area contributed by atoms with E-state index in [9.17, 15) is 9.59 Å².